The Kier molecular flexibility index (Phi) is 5.17. The Balaban J connectivity index is 1.92. The predicted octanol–water partition coefficient (Wildman–Crippen LogP) is 4.31. The molecule has 0 unspecified atom stereocenters. The lowest BCUT2D eigenvalue weighted by molar-refractivity contribution is -0.113. The van der Waals surface area contributed by atoms with Crippen molar-refractivity contribution in [3.05, 3.63) is 52.5 Å². The van der Waals surface area contributed by atoms with Gasteiger partial charge in [0.1, 0.15) is 0 Å². The van der Waals surface area contributed by atoms with Crippen molar-refractivity contribution in [2.45, 2.75) is 4.90 Å². The molecule has 0 fully saturated rings. The number of amides is 1. The number of carbonyl (C=O) groups is 1. The molecule has 20 heavy (non-hydrogen) atoms. The minimum Gasteiger partial charge on any atom is -0.399 e. The monoisotopic (exact) mass is 326 g/mol. The first-order valence-corrected chi connectivity index (χ1v) is 7.52. The topological polar surface area (TPSA) is 55.1 Å². The van der Waals surface area contributed by atoms with Gasteiger partial charge < -0.3 is 11.1 Å². The predicted molar refractivity (Wildman–Crippen MR) is 86.7 cm³/mol. The third-order valence-corrected chi connectivity index (χ3v) is 4.16. The summed E-state index contributed by atoms with van der Waals surface area (Å²) in [7, 11) is 0. The Morgan fingerprint density at radius 3 is 2.70 bits per heavy atom. The SMILES string of the molecule is Nc1ccc(SCC(=O)Nc2cccc(Cl)c2)c(Cl)c1. The minimum absolute atomic E-state index is 0.120. The van der Waals surface area contributed by atoms with Gasteiger partial charge in [-0.05, 0) is 36.4 Å². The van der Waals surface area contributed by atoms with Crippen molar-refractivity contribution in [3.8, 4) is 0 Å². The minimum atomic E-state index is -0.120. The van der Waals surface area contributed by atoms with Gasteiger partial charge in [-0.2, -0.15) is 0 Å². The zero-order valence-electron chi connectivity index (χ0n) is 10.4. The van der Waals surface area contributed by atoms with Crippen LogP contribution in [0.4, 0.5) is 11.4 Å². The molecule has 0 aliphatic carbocycles. The van der Waals surface area contributed by atoms with E-state index in [1.165, 1.54) is 11.8 Å². The van der Waals surface area contributed by atoms with Crippen LogP contribution in [0.15, 0.2) is 47.4 Å². The lowest BCUT2D eigenvalue weighted by Gasteiger charge is -2.07. The summed E-state index contributed by atoms with van der Waals surface area (Å²) in [5.41, 5.74) is 6.89. The van der Waals surface area contributed by atoms with Crippen LogP contribution in [-0.4, -0.2) is 11.7 Å². The van der Waals surface area contributed by atoms with E-state index in [0.717, 1.165) is 4.90 Å². The molecule has 2 aromatic carbocycles. The van der Waals surface area contributed by atoms with Crippen LogP contribution in [0.25, 0.3) is 0 Å². The zero-order chi connectivity index (χ0) is 14.5. The van der Waals surface area contributed by atoms with Crippen molar-refractivity contribution in [3.63, 3.8) is 0 Å². The van der Waals surface area contributed by atoms with Gasteiger partial charge in [0.25, 0.3) is 0 Å². The van der Waals surface area contributed by atoms with Gasteiger partial charge in [-0.1, -0.05) is 29.3 Å². The molecule has 2 rings (SSSR count). The number of hydrogen-bond acceptors (Lipinski definition) is 3. The van der Waals surface area contributed by atoms with Crippen LogP contribution < -0.4 is 11.1 Å². The molecule has 0 aliphatic rings. The Morgan fingerprint density at radius 1 is 1.20 bits per heavy atom. The number of anilines is 2. The van der Waals surface area contributed by atoms with Crippen molar-refractivity contribution >= 4 is 52.2 Å². The molecule has 1 amide bonds. The molecule has 0 aliphatic heterocycles. The summed E-state index contributed by atoms with van der Waals surface area (Å²) in [5, 5.41) is 3.90. The second-order valence-electron chi connectivity index (χ2n) is 4.04. The van der Waals surface area contributed by atoms with Crippen LogP contribution in [0.5, 0.6) is 0 Å². The summed E-state index contributed by atoms with van der Waals surface area (Å²) in [6.07, 6.45) is 0. The fourth-order valence-electron chi connectivity index (χ4n) is 1.54. The fourth-order valence-corrected chi connectivity index (χ4v) is 2.80. The lowest BCUT2D eigenvalue weighted by atomic mass is 10.3. The molecule has 0 aromatic heterocycles. The van der Waals surface area contributed by atoms with Crippen molar-refractivity contribution in [1.29, 1.82) is 0 Å². The van der Waals surface area contributed by atoms with Gasteiger partial charge in [0.05, 0.1) is 10.8 Å². The molecule has 0 heterocycles. The molecular formula is C14H12Cl2N2OS. The smallest absolute Gasteiger partial charge is 0.234 e. The van der Waals surface area contributed by atoms with Crippen LogP contribution in [0.2, 0.25) is 10.0 Å². The van der Waals surface area contributed by atoms with Crippen molar-refractivity contribution < 1.29 is 4.79 Å². The third kappa shape index (κ3) is 4.34. The first-order chi connectivity index (χ1) is 9.54. The Morgan fingerprint density at radius 2 is 2.00 bits per heavy atom. The quantitative estimate of drug-likeness (QED) is 0.650. The molecule has 6 heteroatoms. The van der Waals surface area contributed by atoms with Gasteiger partial charge in [0, 0.05) is 21.3 Å². The highest BCUT2D eigenvalue weighted by atomic mass is 35.5. The number of hydrogen-bond donors (Lipinski definition) is 2. The normalized spacial score (nSPS) is 10.3. The molecule has 3 nitrogen and oxygen atoms in total. The van der Waals surface area contributed by atoms with Gasteiger partial charge >= 0.3 is 0 Å². The number of nitrogens with two attached hydrogens (primary N) is 1. The summed E-state index contributed by atoms with van der Waals surface area (Å²) >= 11 is 13.2. The van der Waals surface area contributed by atoms with Gasteiger partial charge in [0.2, 0.25) is 5.91 Å². The van der Waals surface area contributed by atoms with Crippen LogP contribution in [0, 0.1) is 0 Å². The Hall–Kier alpha value is -1.36. The molecule has 0 bridgehead atoms. The molecule has 3 N–H and O–H groups in total. The van der Waals surface area contributed by atoms with Crippen molar-refractivity contribution in [2.75, 3.05) is 16.8 Å². The second-order valence-corrected chi connectivity index (χ2v) is 5.90. The lowest BCUT2D eigenvalue weighted by Crippen LogP contribution is -2.13. The number of nitrogens with one attached hydrogen (secondary N) is 1. The van der Waals surface area contributed by atoms with E-state index in [4.69, 9.17) is 28.9 Å². The maximum Gasteiger partial charge on any atom is 0.234 e. The van der Waals surface area contributed by atoms with E-state index < -0.39 is 0 Å². The van der Waals surface area contributed by atoms with Crippen molar-refractivity contribution in [2.24, 2.45) is 0 Å². The number of benzene rings is 2. The van der Waals surface area contributed by atoms with E-state index >= 15 is 0 Å². The first kappa shape index (κ1) is 15.0. The maximum absolute atomic E-state index is 11.8. The molecule has 0 saturated heterocycles. The summed E-state index contributed by atoms with van der Waals surface area (Å²) in [4.78, 5) is 12.7. The zero-order valence-corrected chi connectivity index (χ0v) is 12.7. The largest absolute Gasteiger partial charge is 0.399 e. The summed E-state index contributed by atoms with van der Waals surface area (Å²) in [5.74, 6) is 0.140. The van der Waals surface area contributed by atoms with E-state index in [-0.39, 0.29) is 11.7 Å². The van der Waals surface area contributed by atoms with E-state index in [9.17, 15) is 4.79 Å². The standard InChI is InChI=1S/C14H12Cl2N2OS/c15-9-2-1-3-11(6-9)18-14(19)8-20-13-5-4-10(17)7-12(13)16/h1-7H,8,17H2,(H,18,19). The van der Waals surface area contributed by atoms with Crippen LogP contribution in [-0.2, 0) is 4.79 Å². The van der Waals surface area contributed by atoms with Crippen molar-refractivity contribution in [1.82, 2.24) is 0 Å². The van der Waals surface area contributed by atoms with Gasteiger partial charge in [0.15, 0.2) is 0 Å². The third-order valence-electron chi connectivity index (χ3n) is 2.42. The van der Waals surface area contributed by atoms with Crippen LogP contribution in [0.3, 0.4) is 0 Å². The Bertz CT molecular complexity index is 634. The average Bonchev–Trinajstić information content (AvgIpc) is 2.37. The summed E-state index contributed by atoms with van der Waals surface area (Å²) in [6, 6.07) is 12.2. The molecule has 0 atom stereocenters. The number of thioether (sulfide) groups is 1. The summed E-state index contributed by atoms with van der Waals surface area (Å²) in [6.45, 7) is 0. The van der Waals surface area contributed by atoms with Crippen LogP contribution in [0.1, 0.15) is 0 Å². The van der Waals surface area contributed by atoms with Gasteiger partial charge in [-0.3, -0.25) is 4.79 Å². The maximum atomic E-state index is 11.8. The molecule has 2 aromatic rings. The molecular weight excluding hydrogens is 315 g/mol. The highest BCUT2D eigenvalue weighted by Crippen LogP contribution is 2.28. The fraction of sp³-hybridized carbons (Fsp3) is 0.0714. The molecule has 0 saturated carbocycles. The van der Waals surface area contributed by atoms with Gasteiger partial charge in [-0.15, -0.1) is 11.8 Å². The second kappa shape index (κ2) is 6.88. The number of halogens is 2. The van der Waals surface area contributed by atoms with E-state index in [2.05, 4.69) is 5.32 Å². The average molecular weight is 327 g/mol. The van der Waals surface area contributed by atoms with Crippen LogP contribution >= 0.6 is 35.0 Å². The number of nitrogen functional groups attached to an aromatic ring is 1. The first-order valence-electron chi connectivity index (χ1n) is 5.78. The Labute approximate surface area is 131 Å². The highest BCUT2D eigenvalue weighted by molar-refractivity contribution is 8.00. The van der Waals surface area contributed by atoms with E-state index in [1.54, 1.807) is 42.5 Å². The van der Waals surface area contributed by atoms with E-state index in [0.29, 0.717) is 21.4 Å². The highest BCUT2D eigenvalue weighted by Gasteiger charge is 2.07. The summed E-state index contributed by atoms with van der Waals surface area (Å²) < 4.78 is 0. The molecule has 0 spiro atoms. The molecule has 0 radical (unpaired) electrons. The van der Waals surface area contributed by atoms with E-state index in [1.807, 2.05) is 0 Å². The molecule has 104 valence electrons. The van der Waals surface area contributed by atoms with Gasteiger partial charge in [-0.25, -0.2) is 0 Å². The number of carbonyl (C=O) groups excluding carboxylic acids is 1. The number of rotatable bonds is 4.